The van der Waals surface area contributed by atoms with Gasteiger partial charge in [0.25, 0.3) is 0 Å². The van der Waals surface area contributed by atoms with E-state index in [1.165, 1.54) is 23.4 Å². The van der Waals surface area contributed by atoms with Gasteiger partial charge in [0.1, 0.15) is 0 Å². The third-order valence-corrected chi connectivity index (χ3v) is 5.50. The molecule has 1 aliphatic carbocycles. The van der Waals surface area contributed by atoms with Gasteiger partial charge in [-0.1, -0.05) is 20.3 Å². The number of carbonyl (C=O) groups excluding carboxylic acids is 1. The summed E-state index contributed by atoms with van der Waals surface area (Å²) in [6.07, 6.45) is 5.98. The number of nitrogens with one attached hydrogen (secondary N) is 2. The monoisotopic (exact) mass is 325 g/mol. The van der Waals surface area contributed by atoms with Gasteiger partial charge in [0.15, 0.2) is 0 Å². The first-order valence-electron chi connectivity index (χ1n) is 8.27. The summed E-state index contributed by atoms with van der Waals surface area (Å²) in [5, 5.41) is 16.5. The van der Waals surface area contributed by atoms with Crippen LogP contribution in [0, 0.1) is 5.92 Å². The summed E-state index contributed by atoms with van der Waals surface area (Å²) in [6.45, 7) is 4.89. The fraction of sp³-hybridized carbons (Fsp3) is 0.750. The lowest BCUT2D eigenvalue weighted by molar-refractivity contribution is 0.114. The Labute approximate surface area is 136 Å². The number of aryl methyl sites for hydroxylation is 2. The Hall–Kier alpha value is -1.14. The second-order valence-corrected chi connectivity index (χ2v) is 7.19. The standard InChI is InChI=1S/C16H27N3O2S/c1-3-11(2)13(20)10-18-16(21)17-9-8-15-19-12-6-4-5-7-14(12)22-15/h11,13,20H,3-10H2,1-2H3,(H2,17,18,21). The van der Waals surface area contributed by atoms with Crippen molar-refractivity contribution in [1.82, 2.24) is 15.6 Å². The third-order valence-electron chi connectivity index (χ3n) is 4.29. The normalized spacial score (nSPS) is 16.7. The molecule has 124 valence electrons. The summed E-state index contributed by atoms with van der Waals surface area (Å²) < 4.78 is 0. The van der Waals surface area contributed by atoms with Crippen molar-refractivity contribution in [3.8, 4) is 0 Å². The molecule has 0 fully saturated rings. The van der Waals surface area contributed by atoms with Crippen LogP contribution in [-0.4, -0.2) is 35.3 Å². The van der Waals surface area contributed by atoms with Crippen molar-refractivity contribution in [2.45, 2.75) is 58.5 Å². The van der Waals surface area contributed by atoms with Crippen LogP contribution in [0.2, 0.25) is 0 Å². The molecule has 1 aromatic rings. The first-order chi connectivity index (χ1) is 10.6. The van der Waals surface area contributed by atoms with Crippen LogP contribution in [0.15, 0.2) is 0 Å². The fourth-order valence-electron chi connectivity index (χ4n) is 2.53. The van der Waals surface area contributed by atoms with Crippen molar-refractivity contribution in [2.75, 3.05) is 13.1 Å². The van der Waals surface area contributed by atoms with Crippen LogP contribution < -0.4 is 10.6 Å². The number of thiazole rings is 1. The van der Waals surface area contributed by atoms with E-state index >= 15 is 0 Å². The van der Waals surface area contributed by atoms with Gasteiger partial charge in [0.05, 0.1) is 16.8 Å². The van der Waals surface area contributed by atoms with Crippen molar-refractivity contribution >= 4 is 17.4 Å². The minimum absolute atomic E-state index is 0.196. The van der Waals surface area contributed by atoms with Gasteiger partial charge in [-0.3, -0.25) is 0 Å². The minimum Gasteiger partial charge on any atom is -0.391 e. The van der Waals surface area contributed by atoms with E-state index in [0.29, 0.717) is 13.1 Å². The highest BCUT2D eigenvalue weighted by atomic mass is 32.1. The van der Waals surface area contributed by atoms with Gasteiger partial charge in [-0.2, -0.15) is 0 Å². The molecule has 1 aromatic heterocycles. The van der Waals surface area contributed by atoms with E-state index < -0.39 is 6.10 Å². The molecule has 1 aliphatic rings. The molecule has 3 N–H and O–H groups in total. The average Bonchev–Trinajstić information content (AvgIpc) is 2.94. The predicted molar refractivity (Wildman–Crippen MR) is 89.3 cm³/mol. The maximum atomic E-state index is 11.7. The van der Waals surface area contributed by atoms with Crippen LogP contribution in [0.25, 0.3) is 0 Å². The summed E-state index contributed by atoms with van der Waals surface area (Å²) >= 11 is 1.79. The van der Waals surface area contributed by atoms with Gasteiger partial charge in [-0.05, 0) is 31.6 Å². The number of hydrogen-bond acceptors (Lipinski definition) is 4. The zero-order valence-electron chi connectivity index (χ0n) is 13.5. The highest BCUT2D eigenvalue weighted by molar-refractivity contribution is 7.11. The van der Waals surface area contributed by atoms with Gasteiger partial charge in [0.2, 0.25) is 0 Å². The number of aliphatic hydroxyl groups excluding tert-OH is 1. The van der Waals surface area contributed by atoms with Crippen molar-refractivity contribution in [3.63, 3.8) is 0 Å². The molecule has 2 amide bonds. The van der Waals surface area contributed by atoms with Crippen LogP contribution in [0.4, 0.5) is 4.79 Å². The number of nitrogens with zero attached hydrogens (tertiary/aromatic N) is 1. The molecule has 0 bridgehead atoms. The molecule has 0 saturated heterocycles. The molecular weight excluding hydrogens is 298 g/mol. The summed E-state index contributed by atoms with van der Waals surface area (Å²) in [5.41, 5.74) is 1.27. The van der Waals surface area contributed by atoms with E-state index in [-0.39, 0.29) is 11.9 Å². The number of carbonyl (C=O) groups is 1. The first kappa shape index (κ1) is 17.2. The second kappa shape index (κ2) is 8.48. The van der Waals surface area contributed by atoms with Crippen LogP contribution in [0.1, 0.15) is 48.7 Å². The van der Waals surface area contributed by atoms with Crippen molar-refractivity contribution in [1.29, 1.82) is 0 Å². The number of urea groups is 1. The summed E-state index contributed by atoms with van der Waals surface area (Å²) in [6, 6.07) is -0.219. The van der Waals surface area contributed by atoms with Gasteiger partial charge in [0, 0.05) is 24.4 Å². The molecule has 0 aliphatic heterocycles. The second-order valence-electron chi connectivity index (χ2n) is 6.02. The molecule has 0 aromatic carbocycles. The summed E-state index contributed by atoms with van der Waals surface area (Å²) in [5.74, 6) is 0.196. The number of hydrogen-bond donors (Lipinski definition) is 3. The summed E-state index contributed by atoms with van der Waals surface area (Å²) in [7, 11) is 0. The van der Waals surface area contributed by atoms with Gasteiger partial charge in [-0.15, -0.1) is 11.3 Å². The van der Waals surface area contributed by atoms with Crippen molar-refractivity contribution in [2.24, 2.45) is 5.92 Å². The Balaban J connectivity index is 1.65. The molecule has 0 spiro atoms. The zero-order valence-corrected chi connectivity index (χ0v) is 14.3. The molecule has 0 radical (unpaired) electrons. The SMILES string of the molecule is CCC(C)C(O)CNC(=O)NCCc1nc2c(s1)CCCC2. The fourth-order valence-corrected chi connectivity index (χ4v) is 3.68. The third kappa shape index (κ3) is 4.95. The molecule has 0 saturated carbocycles. The van der Waals surface area contributed by atoms with E-state index in [1.54, 1.807) is 11.3 Å². The van der Waals surface area contributed by atoms with E-state index in [0.717, 1.165) is 30.7 Å². The maximum Gasteiger partial charge on any atom is 0.314 e. The minimum atomic E-state index is -0.485. The Morgan fingerprint density at radius 3 is 2.86 bits per heavy atom. The van der Waals surface area contributed by atoms with E-state index in [4.69, 9.17) is 0 Å². The molecule has 1 heterocycles. The average molecular weight is 325 g/mol. The van der Waals surface area contributed by atoms with Crippen LogP contribution in [-0.2, 0) is 19.3 Å². The Morgan fingerprint density at radius 2 is 2.14 bits per heavy atom. The zero-order chi connectivity index (χ0) is 15.9. The summed E-state index contributed by atoms with van der Waals surface area (Å²) in [4.78, 5) is 17.8. The lowest BCUT2D eigenvalue weighted by Crippen LogP contribution is -2.42. The van der Waals surface area contributed by atoms with Crippen LogP contribution in [0.3, 0.4) is 0 Å². The largest absolute Gasteiger partial charge is 0.391 e. The smallest absolute Gasteiger partial charge is 0.314 e. The predicted octanol–water partition coefficient (Wildman–Crippen LogP) is 2.27. The topological polar surface area (TPSA) is 74.2 Å². The molecule has 5 nitrogen and oxygen atoms in total. The Morgan fingerprint density at radius 1 is 1.36 bits per heavy atom. The van der Waals surface area contributed by atoms with Crippen molar-refractivity contribution in [3.05, 3.63) is 15.6 Å². The molecule has 2 rings (SSSR count). The highest BCUT2D eigenvalue weighted by Gasteiger charge is 2.15. The first-order valence-corrected chi connectivity index (χ1v) is 9.09. The quantitative estimate of drug-likeness (QED) is 0.720. The van der Waals surface area contributed by atoms with Crippen LogP contribution in [0.5, 0.6) is 0 Å². The van der Waals surface area contributed by atoms with Crippen LogP contribution >= 0.6 is 11.3 Å². The molecular formula is C16H27N3O2S. The van der Waals surface area contributed by atoms with E-state index in [9.17, 15) is 9.90 Å². The highest BCUT2D eigenvalue weighted by Crippen LogP contribution is 2.26. The lowest BCUT2D eigenvalue weighted by Gasteiger charge is -2.17. The van der Waals surface area contributed by atoms with E-state index in [1.807, 2.05) is 13.8 Å². The van der Waals surface area contributed by atoms with Gasteiger partial charge < -0.3 is 15.7 Å². The molecule has 22 heavy (non-hydrogen) atoms. The number of aliphatic hydroxyl groups is 1. The van der Waals surface area contributed by atoms with E-state index in [2.05, 4.69) is 15.6 Å². The number of amides is 2. The van der Waals surface area contributed by atoms with Gasteiger partial charge in [-0.25, -0.2) is 9.78 Å². The van der Waals surface area contributed by atoms with Crippen molar-refractivity contribution < 1.29 is 9.90 Å². The Kier molecular flexibility index (Phi) is 6.64. The number of rotatable bonds is 7. The molecule has 6 heteroatoms. The maximum absolute atomic E-state index is 11.7. The molecule has 2 atom stereocenters. The molecule has 2 unspecified atom stereocenters. The number of fused-ring (bicyclic) bond motifs is 1. The number of aromatic nitrogens is 1. The lowest BCUT2D eigenvalue weighted by atomic mass is 10.0. The Bertz CT molecular complexity index is 466. The van der Waals surface area contributed by atoms with Gasteiger partial charge >= 0.3 is 6.03 Å².